The summed E-state index contributed by atoms with van der Waals surface area (Å²) in [6.07, 6.45) is 0.516. The number of benzene rings is 1. The molecule has 94 valence electrons. The molecule has 0 spiro atoms. The van der Waals surface area contributed by atoms with Crippen LogP contribution < -0.4 is 0 Å². The molecule has 1 fully saturated rings. The first kappa shape index (κ1) is 12.5. The van der Waals surface area contributed by atoms with Gasteiger partial charge >= 0.3 is 0 Å². The van der Waals surface area contributed by atoms with Crippen LogP contribution in [0.1, 0.15) is 12.5 Å². The number of sulfonamides is 1. The zero-order valence-corrected chi connectivity index (χ0v) is 10.7. The summed E-state index contributed by atoms with van der Waals surface area (Å²) >= 11 is 0. The van der Waals surface area contributed by atoms with Gasteiger partial charge in [0.15, 0.2) is 0 Å². The summed E-state index contributed by atoms with van der Waals surface area (Å²) in [5, 5.41) is 9.53. The third kappa shape index (κ3) is 3.06. The maximum Gasteiger partial charge on any atom is 0.214 e. The van der Waals surface area contributed by atoms with E-state index >= 15 is 0 Å². The molecule has 0 saturated carbocycles. The molecule has 5 heteroatoms. The van der Waals surface area contributed by atoms with Gasteiger partial charge in [0.1, 0.15) is 0 Å². The average molecular weight is 255 g/mol. The van der Waals surface area contributed by atoms with Crippen LogP contribution in [0.25, 0.3) is 0 Å². The summed E-state index contributed by atoms with van der Waals surface area (Å²) in [6, 6.07) is 9.54. The van der Waals surface area contributed by atoms with Crippen LogP contribution in [-0.4, -0.2) is 42.3 Å². The second-order valence-electron chi connectivity index (χ2n) is 4.82. The van der Waals surface area contributed by atoms with E-state index in [0.29, 0.717) is 6.42 Å². The lowest BCUT2D eigenvalue weighted by Gasteiger charge is -2.42. The van der Waals surface area contributed by atoms with E-state index in [9.17, 15) is 13.5 Å². The van der Waals surface area contributed by atoms with Crippen molar-refractivity contribution in [2.45, 2.75) is 18.9 Å². The number of β-amino-alcohol motifs (C(OH)–C–C–N with tert-alkyl or cyclic N) is 1. The largest absolute Gasteiger partial charge is 0.387 e. The van der Waals surface area contributed by atoms with Crippen LogP contribution >= 0.6 is 0 Å². The molecule has 1 heterocycles. The van der Waals surface area contributed by atoms with Crippen LogP contribution in [0.2, 0.25) is 0 Å². The monoisotopic (exact) mass is 255 g/mol. The van der Waals surface area contributed by atoms with E-state index in [-0.39, 0.29) is 18.8 Å². The van der Waals surface area contributed by atoms with Gasteiger partial charge < -0.3 is 5.11 Å². The Morgan fingerprint density at radius 2 is 1.88 bits per heavy atom. The molecule has 4 nitrogen and oxygen atoms in total. The Morgan fingerprint density at radius 3 is 2.41 bits per heavy atom. The second kappa shape index (κ2) is 4.40. The molecule has 0 unspecified atom stereocenters. The molecule has 0 aliphatic carbocycles. The van der Waals surface area contributed by atoms with E-state index in [4.69, 9.17) is 0 Å². The minimum Gasteiger partial charge on any atom is -0.387 e. The maximum atomic E-state index is 11.9. The number of aliphatic hydroxyl groups is 1. The van der Waals surface area contributed by atoms with E-state index in [0.717, 1.165) is 5.56 Å². The van der Waals surface area contributed by atoms with Crippen molar-refractivity contribution in [3.8, 4) is 0 Å². The predicted octanol–water partition coefficient (Wildman–Crippen LogP) is 0.625. The van der Waals surface area contributed by atoms with Crippen molar-refractivity contribution in [3.63, 3.8) is 0 Å². The summed E-state index contributed by atoms with van der Waals surface area (Å²) in [5.41, 5.74) is 0.170. The molecule has 17 heavy (non-hydrogen) atoms. The molecule has 1 aliphatic rings. The van der Waals surface area contributed by atoms with Gasteiger partial charge in [-0.2, -0.15) is 4.31 Å². The molecular weight excluding hydrogens is 238 g/mol. The molecule has 0 amide bonds. The van der Waals surface area contributed by atoms with E-state index in [1.54, 1.807) is 6.92 Å². The molecule has 1 aromatic carbocycles. The minimum atomic E-state index is -3.22. The van der Waals surface area contributed by atoms with Crippen LogP contribution in [0.3, 0.4) is 0 Å². The fraction of sp³-hybridized carbons (Fsp3) is 0.500. The van der Waals surface area contributed by atoms with Gasteiger partial charge in [-0.25, -0.2) is 8.42 Å². The summed E-state index contributed by atoms with van der Waals surface area (Å²) in [5.74, 6) is 0.104. The first-order valence-corrected chi connectivity index (χ1v) is 7.24. The van der Waals surface area contributed by atoms with Crippen molar-refractivity contribution in [1.29, 1.82) is 0 Å². The van der Waals surface area contributed by atoms with Crippen LogP contribution in [0.15, 0.2) is 30.3 Å². The topological polar surface area (TPSA) is 57.6 Å². The van der Waals surface area contributed by atoms with Gasteiger partial charge in [0.05, 0.1) is 11.4 Å². The summed E-state index contributed by atoms with van der Waals surface area (Å²) in [6.45, 7) is 2.07. The molecule has 1 N–H and O–H groups in total. The van der Waals surface area contributed by atoms with Crippen molar-refractivity contribution in [3.05, 3.63) is 35.9 Å². The quantitative estimate of drug-likeness (QED) is 0.858. The molecule has 1 aliphatic heterocycles. The fourth-order valence-corrected chi connectivity index (χ4v) is 3.63. The Morgan fingerprint density at radius 1 is 1.29 bits per heavy atom. The highest BCUT2D eigenvalue weighted by Gasteiger charge is 2.42. The van der Waals surface area contributed by atoms with Gasteiger partial charge in [-0.1, -0.05) is 30.3 Å². The predicted molar refractivity (Wildman–Crippen MR) is 66.1 cm³/mol. The van der Waals surface area contributed by atoms with Crippen LogP contribution in [-0.2, 0) is 16.4 Å². The van der Waals surface area contributed by atoms with E-state index < -0.39 is 15.6 Å². The number of hydrogen-bond acceptors (Lipinski definition) is 3. The van der Waals surface area contributed by atoms with E-state index in [1.807, 2.05) is 30.3 Å². The van der Waals surface area contributed by atoms with Crippen molar-refractivity contribution < 1.29 is 13.5 Å². The Kier molecular flexibility index (Phi) is 3.25. The fourth-order valence-electron chi connectivity index (χ4n) is 1.93. The third-order valence-electron chi connectivity index (χ3n) is 2.92. The summed E-state index contributed by atoms with van der Waals surface area (Å²) in [4.78, 5) is 0. The average Bonchev–Trinajstić information content (AvgIpc) is 2.25. The van der Waals surface area contributed by atoms with Gasteiger partial charge in [-0.3, -0.25) is 0 Å². The van der Waals surface area contributed by atoms with Crippen LogP contribution in [0.4, 0.5) is 0 Å². The molecule has 1 aromatic rings. The number of nitrogens with zero attached hydrogens (tertiary/aromatic N) is 1. The summed E-state index contributed by atoms with van der Waals surface area (Å²) < 4.78 is 25.1. The smallest absolute Gasteiger partial charge is 0.214 e. The summed E-state index contributed by atoms with van der Waals surface area (Å²) in [7, 11) is -3.22. The highest BCUT2D eigenvalue weighted by atomic mass is 32.2. The van der Waals surface area contributed by atoms with Gasteiger partial charge in [-0.05, 0) is 18.9 Å². The number of aryl methyl sites for hydroxylation is 1. The first-order valence-electron chi connectivity index (χ1n) is 5.63. The van der Waals surface area contributed by atoms with E-state index in [1.165, 1.54) is 4.31 Å². The third-order valence-corrected chi connectivity index (χ3v) is 4.68. The van der Waals surface area contributed by atoms with Gasteiger partial charge in [0, 0.05) is 13.1 Å². The van der Waals surface area contributed by atoms with Gasteiger partial charge in [0.25, 0.3) is 0 Å². The standard InChI is InChI=1S/C12H17NO3S/c1-12(14)9-13(10-12)17(15,16)8-7-11-5-3-2-4-6-11/h2-6,14H,7-10H2,1H3. The molecular formula is C12H17NO3S. The van der Waals surface area contributed by atoms with Crippen molar-refractivity contribution >= 4 is 10.0 Å². The Balaban J connectivity index is 1.91. The second-order valence-corrected chi connectivity index (χ2v) is 6.91. The normalized spacial score (nSPS) is 19.9. The lowest BCUT2D eigenvalue weighted by atomic mass is 10.0. The number of hydrogen-bond donors (Lipinski definition) is 1. The maximum absolute atomic E-state index is 11.9. The SMILES string of the molecule is CC1(O)CN(S(=O)(=O)CCc2ccccc2)C1. The zero-order valence-electron chi connectivity index (χ0n) is 9.83. The molecule has 2 rings (SSSR count). The molecule has 0 radical (unpaired) electrons. The Labute approximate surface area is 102 Å². The Bertz CT molecular complexity index is 474. The zero-order chi connectivity index (χ0) is 12.5. The van der Waals surface area contributed by atoms with Crippen molar-refractivity contribution in [2.75, 3.05) is 18.8 Å². The Hall–Kier alpha value is -0.910. The van der Waals surface area contributed by atoms with Gasteiger partial charge in [0.2, 0.25) is 10.0 Å². The number of rotatable bonds is 4. The highest BCUT2D eigenvalue weighted by molar-refractivity contribution is 7.89. The first-order chi connectivity index (χ1) is 7.89. The highest BCUT2D eigenvalue weighted by Crippen LogP contribution is 2.23. The molecule has 1 saturated heterocycles. The van der Waals surface area contributed by atoms with Crippen LogP contribution in [0, 0.1) is 0 Å². The van der Waals surface area contributed by atoms with E-state index in [2.05, 4.69) is 0 Å². The molecule has 0 aromatic heterocycles. The van der Waals surface area contributed by atoms with Crippen LogP contribution in [0.5, 0.6) is 0 Å². The van der Waals surface area contributed by atoms with Crippen molar-refractivity contribution in [2.24, 2.45) is 0 Å². The van der Waals surface area contributed by atoms with Crippen molar-refractivity contribution in [1.82, 2.24) is 4.31 Å². The lowest BCUT2D eigenvalue weighted by Crippen LogP contribution is -2.62. The lowest BCUT2D eigenvalue weighted by molar-refractivity contribution is -0.0426. The van der Waals surface area contributed by atoms with Gasteiger partial charge in [-0.15, -0.1) is 0 Å². The molecule has 0 bridgehead atoms. The molecule has 0 atom stereocenters. The minimum absolute atomic E-state index is 0.104.